The van der Waals surface area contributed by atoms with Crippen molar-refractivity contribution in [2.45, 2.75) is 76.9 Å². The van der Waals surface area contributed by atoms with Crippen molar-refractivity contribution in [3.63, 3.8) is 0 Å². The van der Waals surface area contributed by atoms with Gasteiger partial charge in [-0.25, -0.2) is 0 Å². The number of allylic oxidation sites excluding steroid dienone is 1. The molecule has 30 heavy (non-hydrogen) atoms. The number of ketones is 1. The molecule has 3 unspecified atom stereocenters. The van der Waals surface area contributed by atoms with Crippen LogP contribution in [0.25, 0.3) is 0 Å². The molecule has 4 fully saturated rings. The first kappa shape index (κ1) is 20.2. The lowest BCUT2D eigenvalue weighted by molar-refractivity contribution is -0.197. The van der Waals surface area contributed by atoms with E-state index in [9.17, 15) is 19.5 Å². The molecule has 1 heterocycles. The molecule has 0 aromatic heterocycles. The molecule has 0 bridgehead atoms. The molecule has 5 rings (SSSR count). The Labute approximate surface area is 177 Å². The molecule has 5 aliphatic rings. The largest absolute Gasteiger partial charge is 0.469 e. The zero-order chi connectivity index (χ0) is 21.5. The Morgan fingerprint density at radius 1 is 1.20 bits per heavy atom. The standard InChI is InChI=1S/C24H32O6/c1-22-7-4-14(25)10-13(22)11-15(21(28)29-3)19-16-5-8-24(9-6-18(27)30-24)23(16,2)12-17(26)20(19)22/h10,15-17,19-20,26H,4-9,11-12H2,1-3H3/t15-,16+,17?,19+,20?,22+,23+,24?/m1/s1. The molecule has 8 atom stereocenters. The Kier molecular flexibility index (Phi) is 4.32. The topological polar surface area (TPSA) is 89.9 Å². The number of rotatable bonds is 1. The van der Waals surface area contributed by atoms with Crippen molar-refractivity contribution in [1.29, 1.82) is 0 Å². The molecule has 6 heteroatoms. The summed E-state index contributed by atoms with van der Waals surface area (Å²) in [5.74, 6) is -0.636. The highest BCUT2D eigenvalue weighted by atomic mass is 16.6. The fraction of sp³-hybridized carbons (Fsp3) is 0.792. The minimum absolute atomic E-state index is 0.0415. The maximum atomic E-state index is 12.9. The van der Waals surface area contributed by atoms with Crippen molar-refractivity contribution in [2.75, 3.05) is 7.11 Å². The highest BCUT2D eigenvalue weighted by Crippen LogP contribution is 2.70. The van der Waals surface area contributed by atoms with E-state index in [0.29, 0.717) is 38.5 Å². The van der Waals surface area contributed by atoms with Crippen LogP contribution in [0.1, 0.15) is 65.2 Å². The van der Waals surface area contributed by atoms with Crippen molar-refractivity contribution in [3.8, 4) is 0 Å². The number of hydrogen-bond acceptors (Lipinski definition) is 6. The monoisotopic (exact) mass is 416 g/mol. The van der Waals surface area contributed by atoms with Crippen LogP contribution in [0.3, 0.4) is 0 Å². The minimum atomic E-state index is -0.611. The van der Waals surface area contributed by atoms with Crippen molar-refractivity contribution in [2.24, 2.45) is 34.5 Å². The summed E-state index contributed by atoms with van der Waals surface area (Å²) in [5.41, 5.74) is -0.168. The molecule has 0 amide bonds. The summed E-state index contributed by atoms with van der Waals surface area (Å²) in [6.07, 6.45) is 6.21. The van der Waals surface area contributed by atoms with Gasteiger partial charge in [0.15, 0.2) is 5.78 Å². The summed E-state index contributed by atoms with van der Waals surface area (Å²) in [6, 6.07) is 0. The molecular weight excluding hydrogens is 384 g/mol. The van der Waals surface area contributed by atoms with E-state index in [0.717, 1.165) is 18.4 Å². The third-order valence-electron chi connectivity index (χ3n) is 9.79. The normalized spacial score (nSPS) is 49.7. The van der Waals surface area contributed by atoms with Crippen LogP contribution < -0.4 is 0 Å². The van der Waals surface area contributed by atoms with E-state index in [1.807, 2.05) is 0 Å². The van der Waals surface area contributed by atoms with Crippen molar-refractivity contribution >= 4 is 17.7 Å². The molecule has 4 aliphatic carbocycles. The van der Waals surface area contributed by atoms with E-state index in [1.54, 1.807) is 6.08 Å². The summed E-state index contributed by atoms with van der Waals surface area (Å²) >= 11 is 0. The van der Waals surface area contributed by atoms with Crippen LogP contribution in [0.4, 0.5) is 0 Å². The van der Waals surface area contributed by atoms with E-state index in [4.69, 9.17) is 9.47 Å². The van der Waals surface area contributed by atoms with E-state index in [-0.39, 0.29) is 52.2 Å². The van der Waals surface area contributed by atoms with Gasteiger partial charge in [0.1, 0.15) is 5.60 Å². The lowest BCUT2D eigenvalue weighted by atomic mass is 9.43. The van der Waals surface area contributed by atoms with Crippen LogP contribution in [-0.4, -0.2) is 41.6 Å². The maximum absolute atomic E-state index is 12.9. The van der Waals surface area contributed by atoms with Crippen molar-refractivity contribution in [1.82, 2.24) is 0 Å². The second-order valence-corrected chi connectivity index (χ2v) is 10.8. The molecule has 1 spiro atoms. The lowest BCUT2D eigenvalue weighted by Gasteiger charge is -2.62. The molecule has 0 aromatic rings. The average Bonchev–Trinajstić information content (AvgIpc) is 3.21. The minimum Gasteiger partial charge on any atom is -0.469 e. The second kappa shape index (κ2) is 6.41. The fourth-order valence-corrected chi connectivity index (χ4v) is 8.35. The maximum Gasteiger partial charge on any atom is 0.309 e. The number of hydrogen-bond donors (Lipinski definition) is 1. The summed E-state index contributed by atoms with van der Waals surface area (Å²) in [5, 5.41) is 11.6. The fourth-order valence-electron chi connectivity index (χ4n) is 8.35. The third kappa shape index (κ3) is 2.43. The van der Waals surface area contributed by atoms with Crippen LogP contribution in [-0.2, 0) is 23.9 Å². The van der Waals surface area contributed by atoms with Gasteiger partial charge >= 0.3 is 11.9 Å². The number of aliphatic hydroxyl groups is 1. The zero-order valence-electron chi connectivity index (χ0n) is 18.1. The predicted octanol–water partition coefficient (Wildman–Crippen LogP) is 2.96. The predicted molar refractivity (Wildman–Crippen MR) is 107 cm³/mol. The van der Waals surface area contributed by atoms with Crippen LogP contribution in [0.5, 0.6) is 0 Å². The van der Waals surface area contributed by atoms with Gasteiger partial charge in [-0.15, -0.1) is 0 Å². The van der Waals surface area contributed by atoms with Gasteiger partial charge in [0.2, 0.25) is 0 Å². The smallest absolute Gasteiger partial charge is 0.309 e. The van der Waals surface area contributed by atoms with Gasteiger partial charge in [-0.05, 0) is 67.8 Å². The molecule has 1 aliphatic heterocycles. The van der Waals surface area contributed by atoms with Gasteiger partial charge < -0.3 is 14.6 Å². The van der Waals surface area contributed by atoms with E-state index >= 15 is 0 Å². The van der Waals surface area contributed by atoms with Crippen LogP contribution in [0, 0.1) is 34.5 Å². The number of aliphatic hydroxyl groups excluding tert-OH is 1. The summed E-state index contributed by atoms with van der Waals surface area (Å²) in [7, 11) is 1.42. The van der Waals surface area contributed by atoms with Gasteiger partial charge in [0, 0.05) is 18.3 Å². The highest BCUT2D eigenvalue weighted by molar-refractivity contribution is 5.92. The zero-order valence-corrected chi connectivity index (χ0v) is 18.1. The number of esters is 2. The number of fused-ring (bicyclic) bond motifs is 6. The molecule has 0 aromatic carbocycles. The van der Waals surface area contributed by atoms with E-state index < -0.39 is 11.7 Å². The number of carbonyl (C=O) groups is 3. The van der Waals surface area contributed by atoms with Gasteiger partial charge in [0.05, 0.1) is 19.1 Å². The summed E-state index contributed by atoms with van der Waals surface area (Å²) < 4.78 is 11.2. The first-order valence-electron chi connectivity index (χ1n) is 11.4. The lowest BCUT2D eigenvalue weighted by Crippen LogP contribution is -2.62. The van der Waals surface area contributed by atoms with Crippen LogP contribution in [0.2, 0.25) is 0 Å². The summed E-state index contributed by atoms with van der Waals surface area (Å²) in [6.45, 7) is 4.33. The molecule has 3 saturated carbocycles. The molecule has 0 radical (unpaired) electrons. The summed E-state index contributed by atoms with van der Waals surface area (Å²) in [4.78, 5) is 37.2. The Balaban J connectivity index is 1.62. The highest BCUT2D eigenvalue weighted by Gasteiger charge is 2.71. The van der Waals surface area contributed by atoms with Gasteiger partial charge in [-0.2, -0.15) is 0 Å². The Morgan fingerprint density at radius 3 is 2.63 bits per heavy atom. The third-order valence-corrected chi connectivity index (χ3v) is 9.79. The molecule has 6 nitrogen and oxygen atoms in total. The first-order chi connectivity index (χ1) is 14.1. The van der Waals surface area contributed by atoms with Crippen molar-refractivity contribution in [3.05, 3.63) is 11.6 Å². The number of ether oxygens (including phenoxy) is 2. The molecule has 1 saturated heterocycles. The molecule has 164 valence electrons. The van der Waals surface area contributed by atoms with Crippen LogP contribution >= 0.6 is 0 Å². The van der Waals surface area contributed by atoms with Gasteiger partial charge in [-0.1, -0.05) is 19.4 Å². The van der Waals surface area contributed by atoms with E-state index in [2.05, 4.69) is 13.8 Å². The SMILES string of the molecule is COC(=O)[C@@H]1CC2=CC(=O)CC[C@]2(C)C2C(O)C[C@@]3(C)[C@@H](CCC34CCC(=O)O4)[C@@H]21. The van der Waals surface area contributed by atoms with Gasteiger partial charge in [0.25, 0.3) is 0 Å². The quantitative estimate of drug-likeness (QED) is 0.661. The first-order valence-corrected chi connectivity index (χ1v) is 11.4. The Bertz CT molecular complexity index is 847. The average molecular weight is 417 g/mol. The Hall–Kier alpha value is -1.69. The Morgan fingerprint density at radius 2 is 1.97 bits per heavy atom. The van der Waals surface area contributed by atoms with Crippen molar-refractivity contribution < 1.29 is 29.0 Å². The van der Waals surface area contributed by atoms with Gasteiger partial charge in [-0.3, -0.25) is 14.4 Å². The van der Waals surface area contributed by atoms with Crippen LogP contribution in [0.15, 0.2) is 11.6 Å². The molecule has 1 N–H and O–H groups in total. The second-order valence-electron chi connectivity index (χ2n) is 10.8. The number of carbonyl (C=O) groups excluding carboxylic acids is 3. The van der Waals surface area contributed by atoms with E-state index in [1.165, 1.54) is 7.11 Å². The number of methoxy groups -OCH3 is 1. The molecular formula is C24H32O6.